The first-order valence-electron chi connectivity index (χ1n) is 2.36. The third kappa shape index (κ3) is 9.16. The summed E-state index contributed by atoms with van der Waals surface area (Å²) in [5.41, 5.74) is 0. The van der Waals surface area contributed by atoms with Crippen LogP contribution in [0.1, 0.15) is 0 Å². The van der Waals surface area contributed by atoms with E-state index in [1.165, 1.54) is 18.4 Å². The topological polar surface area (TPSA) is 206 Å². The van der Waals surface area contributed by atoms with Crippen LogP contribution in [0.2, 0.25) is 0 Å². The van der Waals surface area contributed by atoms with Gasteiger partial charge in [0.15, 0.2) is 0 Å². The molecule has 0 aliphatic rings. The summed E-state index contributed by atoms with van der Waals surface area (Å²) in [5.74, 6) is -0.187. The minimum absolute atomic E-state index is 0. The highest BCUT2D eigenvalue weighted by Crippen LogP contribution is 2.37. The van der Waals surface area contributed by atoms with E-state index in [0.717, 1.165) is 0 Å². The summed E-state index contributed by atoms with van der Waals surface area (Å²) < 4.78 is 18.6. The largest absolute Gasteiger partial charge is 0.527 e. The van der Waals surface area contributed by atoms with Crippen LogP contribution in [0.3, 0.4) is 0 Å². The molecular formula is C4H13O9P. The number of phosphoric acid groups is 1. The Balaban J connectivity index is -0.000000125. The molecule has 0 saturated heterocycles. The molecule has 14 heavy (non-hydrogen) atoms. The first-order valence-corrected chi connectivity index (χ1v) is 3.89. The number of rotatable bonds is 2. The molecule has 1 heterocycles. The fourth-order valence-corrected chi connectivity index (χ4v) is 0.771. The third-order valence-corrected chi connectivity index (χ3v) is 1.12. The van der Waals surface area contributed by atoms with Gasteiger partial charge in [-0.15, -0.1) is 0 Å². The monoisotopic (exact) mass is 236 g/mol. The lowest BCUT2D eigenvalue weighted by Gasteiger charge is -2.00. The molecule has 0 unspecified atom stereocenters. The molecule has 0 aliphatic carbocycles. The highest BCUT2D eigenvalue weighted by atomic mass is 31.2. The molecule has 0 bridgehead atoms. The van der Waals surface area contributed by atoms with Gasteiger partial charge in [-0.2, -0.15) is 0 Å². The van der Waals surface area contributed by atoms with Crippen LogP contribution in [-0.2, 0) is 4.57 Å². The second kappa shape index (κ2) is 8.66. The summed E-state index contributed by atoms with van der Waals surface area (Å²) in [5, 5.41) is 0. The van der Waals surface area contributed by atoms with E-state index < -0.39 is 7.82 Å². The van der Waals surface area contributed by atoms with Gasteiger partial charge in [-0.3, -0.25) is 9.79 Å². The molecule has 9 nitrogen and oxygen atoms in total. The van der Waals surface area contributed by atoms with Crippen LogP contribution in [-0.4, -0.2) is 31.7 Å². The van der Waals surface area contributed by atoms with Crippen molar-refractivity contribution in [3.05, 3.63) is 18.4 Å². The van der Waals surface area contributed by atoms with Crippen molar-refractivity contribution in [2.24, 2.45) is 0 Å². The summed E-state index contributed by atoms with van der Waals surface area (Å²) in [6, 6.07) is 2.77. The van der Waals surface area contributed by atoms with Gasteiger partial charge in [-0.05, 0) is 6.07 Å². The van der Waals surface area contributed by atoms with Gasteiger partial charge in [-0.1, -0.05) is 0 Å². The van der Waals surface area contributed by atoms with Crippen molar-refractivity contribution >= 4 is 7.82 Å². The Labute approximate surface area is 78.4 Å². The Morgan fingerprint density at radius 2 is 1.71 bits per heavy atom. The zero-order valence-corrected chi connectivity index (χ0v) is 7.69. The summed E-state index contributed by atoms with van der Waals surface area (Å²) in [6.45, 7) is 0. The predicted octanol–water partition coefficient (Wildman–Crippen LogP) is -2.55. The molecule has 0 spiro atoms. The Morgan fingerprint density at radius 1 is 1.21 bits per heavy atom. The smallest absolute Gasteiger partial charge is 0.434 e. The molecule has 0 aliphatic heterocycles. The Kier molecular flexibility index (Phi) is 14.3. The average Bonchev–Trinajstić information content (AvgIpc) is 2.12. The van der Waals surface area contributed by atoms with Gasteiger partial charge in [0.2, 0.25) is 0 Å². The fourth-order valence-electron chi connectivity index (χ4n) is 0.433. The molecule has 1 aromatic rings. The second-order valence-electron chi connectivity index (χ2n) is 1.51. The van der Waals surface area contributed by atoms with Crippen molar-refractivity contribution in [2.75, 3.05) is 0 Å². The van der Waals surface area contributed by atoms with E-state index in [0.29, 0.717) is 0 Å². The summed E-state index contributed by atoms with van der Waals surface area (Å²) in [7, 11) is -4.45. The molecule has 0 saturated carbocycles. The molecule has 0 fully saturated rings. The van der Waals surface area contributed by atoms with Gasteiger partial charge >= 0.3 is 7.82 Å². The Hall–Kier alpha value is -0.930. The highest BCUT2D eigenvalue weighted by molar-refractivity contribution is 7.46. The predicted molar refractivity (Wildman–Crippen MR) is 45.8 cm³/mol. The maximum Gasteiger partial charge on any atom is 0.527 e. The van der Waals surface area contributed by atoms with Gasteiger partial charge in [0, 0.05) is 6.07 Å². The average molecular weight is 236 g/mol. The fraction of sp³-hybridized carbons (Fsp3) is 0. The van der Waals surface area contributed by atoms with Crippen LogP contribution in [0.15, 0.2) is 22.8 Å². The van der Waals surface area contributed by atoms with E-state index in [2.05, 4.69) is 8.94 Å². The number of hydrogen-bond acceptors (Lipinski definition) is 3. The normalized spacial score (nSPS) is 8.14. The molecule has 0 atom stereocenters. The summed E-state index contributed by atoms with van der Waals surface area (Å²) in [4.78, 5) is 16.4. The summed E-state index contributed by atoms with van der Waals surface area (Å²) in [6.07, 6.45) is 1.25. The lowest BCUT2D eigenvalue weighted by molar-refractivity contribution is 0.255. The maximum absolute atomic E-state index is 10.1. The standard InChI is InChI=1S/C4H5O5P.4H2O/c5-10(6,7)9-4-2-1-3-8-4;;;;/h1-3H,(H2,5,6,7);4*1H2. The highest BCUT2D eigenvalue weighted by Gasteiger charge is 2.16. The quantitative estimate of drug-likeness (QED) is 0.530. The van der Waals surface area contributed by atoms with Crippen molar-refractivity contribution < 1.29 is 45.2 Å². The Morgan fingerprint density at radius 3 is 2.00 bits per heavy atom. The number of phosphoric ester groups is 1. The zero-order valence-electron chi connectivity index (χ0n) is 6.80. The molecular weight excluding hydrogens is 223 g/mol. The van der Waals surface area contributed by atoms with Gasteiger partial charge in [0.1, 0.15) is 0 Å². The third-order valence-electron chi connectivity index (χ3n) is 0.704. The van der Waals surface area contributed by atoms with Crippen molar-refractivity contribution in [3.63, 3.8) is 0 Å². The van der Waals surface area contributed by atoms with Crippen LogP contribution in [0.4, 0.5) is 0 Å². The van der Waals surface area contributed by atoms with Crippen molar-refractivity contribution in [3.8, 4) is 5.95 Å². The van der Waals surface area contributed by atoms with Crippen molar-refractivity contribution in [1.29, 1.82) is 0 Å². The molecule has 0 aromatic carbocycles. The molecule has 0 amide bonds. The van der Waals surface area contributed by atoms with Crippen molar-refractivity contribution in [1.82, 2.24) is 0 Å². The molecule has 0 radical (unpaired) electrons. The first kappa shape index (κ1) is 23.1. The van der Waals surface area contributed by atoms with Crippen LogP contribution in [0, 0.1) is 0 Å². The number of furan rings is 1. The van der Waals surface area contributed by atoms with Gasteiger partial charge < -0.3 is 30.8 Å². The SMILES string of the molecule is O.O.O.O.O=P(O)(O)Oc1ccco1. The summed E-state index contributed by atoms with van der Waals surface area (Å²) >= 11 is 0. The van der Waals surface area contributed by atoms with E-state index in [1.807, 2.05) is 0 Å². The van der Waals surface area contributed by atoms with Gasteiger partial charge in [0.05, 0.1) is 6.26 Å². The van der Waals surface area contributed by atoms with Gasteiger partial charge in [-0.25, -0.2) is 4.57 Å². The second-order valence-corrected chi connectivity index (χ2v) is 2.68. The lowest BCUT2D eigenvalue weighted by Crippen LogP contribution is -1.87. The zero-order chi connectivity index (χ0) is 7.61. The van der Waals surface area contributed by atoms with E-state index >= 15 is 0 Å². The van der Waals surface area contributed by atoms with E-state index in [9.17, 15) is 4.57 Å². The molecule has 1 aromatic heterocycles. The molecule has 88 valence electrons. The van der Waals surface area contributed by atoms with E-state index in [4.69, 9.17) is 9.79 Å². The van der Waals surface area contributed by atoms with E-state index in [-0.39, 0.29) is 27.9 Å². The number of hydrogen-bond donors (Lipinski definition) is 2. The molecule has 10 heteroatoms. The Bertz CT molecular complexity index is 237. The molecule has 10 N–H and O–H groups in total. The van der Waals surface area contributed by atoms with Crippen LogP contribution < -0.4 is 4.52 Å². The van der Waals surface area contributed by atoms with Crippen molar-refractivity contribution in [2.45, 2.75) is 0 Å². The molecule has 1 rings (SSSR count). The maximum atomic E-state index is 10.1. The minimum atomic E-state index is -4.45. The van der Waals surface area contributed by atoms with Gasteiger partial charge in [0.25, 0.3) is 5.95 Å². The minimum Gasteiger partial charge on any atom is -0.434 e. The first-order chi connectivity index (χ1) is 4.58. The lowest BCUT2D eigenvalue weighted by atomic mass is 10.7. The van der Waals surface area contributed by atoms with Crippen LogP contribution in [0.25, 0.3) is 0 Å². The van der Waals surface area contributed by atoms with E-state index in [1.54, 1.807) is 0 Å². The van der Waals surface area contributed by atoms with Crippen LogP contribution in [0.5, 0.6) is 5.95 Å². The van der Waals surface area contributed by atoms with Crippen LogP contribution >= 0.6 is 7.82 Å².